The van der Waals surface area contributed by atoms with Gasteiger partial charge < -0.3 is 15.4 Å². The molecule has 2 aliphatic carbocycles. The number of ether oxygens (including phenoxy) is 1. The number of alkyl halides is 1. The number of rotatable bonds is 10. The topological polar surface area (TPSA) is 114 Å². The maximum absolute atomic E-state index is 15.6. The highest BCUT2D eigenvalue weighted by Crippen LogP contribution is 2.42. The first-order valence-corrected chi connectivity index (χ1v) is 17.2. The third-order valence-electron chi connectivity index (χ3n) is 9.32. The molecule has 2 amide bonds. The minimum absolute atomic E-state index is 0.0170. The fraction of sp³-hybridized carbons (Fsp3) is 0.588. The molecule has 0 radical (unpaired) electrons. The number of benzene rings is 2. The summed E-state index contributed by atoms with van der Waals surface area (Å²) < 4.78 is 48.8. The number of nitrogens with one attached hydrogen (secondary N) is 3. The summed E-state index contributed by atoms with van der Waals surface area (Å²) in [6.45, 7) is 10.5. The fourth-order valence-corrected chi connectivity index (χ4v) is 7.76. The van der Waals surface area contributed by atoms with E-state index in [1.807, 2.05) is 44.2 Å². The number of hydrogen-bond acceptors (Lipinski definition) is 6. The maximum Gasteiger partial charge on any atom is 0.259 e. The highest BCUT2D eigenvalue weighted by atomic mass is 32.2. The van der Waals surface area contributed by atoms with Gasteiger partial charge in [0.05, 0.1) is 11.2 Å². The Labute approximate surface area is 261 Å². The van der Waals surface area contributed by atoms with E-state index in [9.17, 15) is 18.0 Å². The van der Waals surface area contributed by atoms with Crippen LogP contribution >= 0.6 is 0 Å². The maximum atomic E-state index is 15.6. The van der Waals surface area contributed by atoms with Crippen LogP contribution in [0.3, 0.4) is 0 Å². The lowest BCUT2D eigenvalue weighted by Gasteiger charge is -2.39. The summed E-state index contributed by atoms with van der Waals surface area (Å²) in [6.07, 6.45) is 2.97. The first-order valence-electron chi connectivity index (χ1n) is 15.7. The van der Waals surface area contributed by atoms with Crippen molar-refractivity contribution in [2.45, 2.75) is 108 Å². The second-order valence-electron chi connectivity index (χ2n) is 14.4. The monoisotopic (exact) mass is 627 g/mol. The predicted molar refractivity (Wildman–Crippen MR) is 170 cm³/mol. The Bertz CT molecular complexity index is 1520. The molecule has 2 saturated carbocycles. The van der Waals surface area contributed by atoms with E-state index in [4.69, 9.17) is 4.74 Å². The van der Waals surface area contributed by atoms with Crippen LogP contribution in [-0.2, 0) is 26.0 Å². The molecule has 3 N–H and O–H groups in total. The molecule has 3 fully saturated rings. The Morgan fingerprint density at radius 2 is 1.77 bits per heavy atom. The Morgan fingerprint density at radius 1 is 1.05 bits per heavy atom. The largest absolute Gasteiger partial charge is 0.490 e. The lowest BCUT2D eigenvalue weighted by molar-refractivity contribution is -0.137. The molecule has 0 bridgehead atoms. The van der Waals surface area contributed by atoms with Gasteiger partial charge in [0.15, 0.2) is 0 Å². The zero-order valence-corrected chi connectivity index (χ0v) is 27.3. The highest BCUT2D eigenvalue weighted by molar-refractivity contribution is 7.91. The third kappa shape index (κ3) is 7.12. The van der Waals surface area contributed by atoms with Gasteiger partial charge in [-0.2, -0.15) is 0 Å². The number of carbonyl (C=O) groups is 2. The van der Waals surface area contributed by atoms with Crippen LogP contribution in [0.4, 0.5) is 4.39 Å². The van der Waals surface area contributed by atoms with Crippen molar-refractivity contribution in [2.75, 3.05) is 13.1 Å². The van der Waals surface area contributed by atoms with Crippen LogP contribution in [0.25, 0.3) is 11.1 Å². The van der Waals surface area contributed by atoms with Crippen molar-refractivity contribution in [1.29, 1.82) is 0 Å². The molecule has 44 heavy (non-hydrogen) atoms. The lowest BCUT2D eigenvalue weighted by atomic mass is 9.77. The van der Waals surface area contributed by atoms with E-state index in [1.165, 1.54) is 0 Å². The standard InChI is InChI=1S/C34H46FN3O5S/c1-22(2)26-8-6-7-9-27(26)28-16-23(17-30(39)38-44(41,42)33(5)14-15-33)10-13-29(28)43-25-12-11-24(18-25)37-31(40)34(35)19-32(3,4)20-36-21-34/h6-10,13,16,22,24-25,36H,11-12,14-15,17-21H2,1-5H3,(H,37,40)(H,38,39)/t24-,25-,34-/m1/s1. The molecule has 0 aromatic heterocycles. The molecule has 2 aromatic rings. The molecule has 8 nitrogen and oxygen atoms in total. The van der Waals surface area contributed by atoms with Gasteiger partial charge in [0.1, 0.15) is 11.9 Å². The number of hydrogen-bond donors (Lipinski definition) is 3. The molecular formula is C34H46FN3O5S. The second kappa shape index (κ2) is 12.1. The number of piperidine rings is 1. The Balaban J connectivity index is 1.32. The Kier molecular flexibility index (Phi) is 8.90. The summed E-state index contributed by atoms with van der Waals surface area (Å²) in [5.74, 6) is -0.243. The van der Waals surface area contributed by atoms with Gasteiger partial charge in [0.25, 0.3) is 5.91 Å². The molecule has 1 aliphatic heterocycles. The van der Waals surface area contributed by atoms with Crippen molar-refractivity contribution in [2.24, 2.45) is 5.41 Å². The average Bonchev–Trinajstić information content (AvgIpc) is 3.56. The summed E-state index contributed by atoms with van der Waals surface area (Å²) in [5, 5.41) is 6.02. The van der Waals surface area contributed by atoms with E-state index in [1.54, 1.807) is 13.0 Å². The van der Waals surface area contributed by atoms with Crippen LogP contribution in [0.5, 0.6) is 5.75 Å². The van der Waals surface area contributed by atoms with Crippen molar-refractivity contribution in [3.05, 3.63) is 53.6 Å². The van der Waals surface area contributed by atoms with Crippen LogP contribution in [0.15, 0.2) is 42.5 Å². The summed E-state index contributed by atoms with van der Waals surface area (Å²) in [5.41, 5.74) is 1.36. The fourth-order valence-electron chi connectivity index (χ4n) is 6.50. The molecule has 3 aliphatic rings. The first-order chi connectivity index (χ1) is 20.6. The van der Waals surface area contributed by atoms with Crippen molar-refractivity contribution < 1.29 is 27.1 Å². The smallest absolute Gasteiger partial charge is 0.259 e. The first kappa shape index (κ1) is 32.4. The molecule has 1 heterocycles. The number of amides is 2. The van der Waals surface area contributed by atoms with Gasteiger partial charge in [0.2, 0.25) is 21.6 Å². The summed E-state index contributed by atoms with van der Waals surface area (Å²) in [7, 11) is -3.72. The van der Waals surface area contributed by atoms with E-state index < -0.39 is 32.3 Å². The molecule has 5 rings (SSSR count). The number of halogens is 1. The van der Waals surface area contributed by atoms with E-state index in [0.29, 0.717) is 50.0 Å². The van der Waals surface area contributed by atoms with Crippen LogP contribution in [0.2, 0.25) is 0 Å². The SMILES string of the molecule is CC(C)c1ccccc1-c1cc(CC(=O)NS(=O)(=O)C2(C)CC2)ccc1O[C@@H]1CC[C@@H](NC(=O)[C@]2(F)CNCC(C)(C)C2)C1. The van der Waals surface area contributed by atoms with Crippen LogP contribution in [-0.4, -0.2) is 55.9 Å². The average molecular weight is 628 g/mol. The summed E-state index contributed by atoms with van der Waals surface area (Å²) >= 11 is 0. The van der Waals surface area contributed by atoms with Gasteiger partial charge in [-0.25, -0.2) is 12.8 Å². The highest BCUT2D eigenvalue weighted by Gasteiger charge is 2.51. The van der Waals surface area contributed by atoms with Crippen molar-refractivity contribution in [1.82, 2.24) is 15.4 Å². The van der Waals surface area contributed by atoms with Crippen molar-refractivity contribution in [3.8, 4) is 16.9 Å². The zero-order valence-electron chi connectivity index (χ0n) is 26.5. The molecule has 3 atom stereocenters. The molecule has 1 saturated heterocycles. The van der Waals surface area contributed by atoms with E-state index in [2.05, 4.69) is 35.3 Å². The number of sulfonamides is 1. The Hall–Kier alpha value is -2.98. The molecule has 2 aromatic carbocycles. The zero-order chi connectivity index (χ0) is 31.9. The van der Waals surface area contributed by atoms with E-state index >= 15 is 4.39 Å². The van der Waals surface area contributed by atoms with Gasteiger partial charge in [0, 0.05) is 31.1 Å². The van der Waals surface area contributed by atoms with Gasteiger partial charge in [-0.1, -0.05) is 58.0 Å². The second-order valence-corrected chi connectivity index (χ2v) is 16.6. The normalized spacial score (nSPS) is 25.8. The Morgan fingerprint density at radius 3 is 2.45 bits per heavy atom. The molecule has 0 unspecified atom stereocenters. The van der Waals surface area contributed by atoms with Gasteiger partial charge >= 0.3 is 0 Å². The van der Waals surface area contributed by atoms with Gasteiger partial charge in [-0.05, 0) is 79.2 Å². The van der Waals surface area contributed by atoms with Gasteiger partial charge in [-0.3, -0.25) is 14.3 Å². The van der Waals surface area contributed by atoms with Crippen molar-refractivity contribution >= 4 is 21.8 Å². The molecule has 10 heteroatoms. The van der Waals surface area contributed by atoms with E-state index in [0.717, 1.165) is 16.7 Å². The van der Waals surface area contributed by atoms with E-state index in [-0.39, 0.29) is 42.9 Å². The summed E-state index contributed by atoms with van der Waals surface area (Å²) in [6, 6.07) is 13.4. The van der Waals surface area contributed by atoms with Crippen molar-refractivity contribution in [3.63, 3.8) is 0 Å². The quantitative estimate of drug-likeness (QED) is 0.335. The van der Waals surface area contributed by atoms with Crippen LogP contribution in [0, 0.1) is 5.41 Å². The minimum Gasteiger partial charge on any atom is -0.490 e. The number of carbonyl (C=O) groups excluding carboxylic acids is 2. The van der Waals surface area contributed by atoms with Gasteiger partial charge in [-0.15, -0.1) is 0 Å². The minimum atomic E-state index is -3.72. The molecule has 0 spiro atoms. The lowest BCUT2D eigenvalue weighted by Crippen LogP contribution is -2.59. The van der Waals surface area contributed by atoms with Crippen LogP contribution < -0.4 is 20.1 Å². The summed E-state index contributed by atoms with van der Waals surface area (Å²) in [4.78, 5) is 25.8. The molecule has 240 valence electrons. The van der Waals surface area contributed by atoms with Crippen LogP contribution in [0.1, 0.15) is 90.2 Å². The molecular weight excluding hydrogens is 581 g/mol. The predicted octanol–water partition coefficient (Wildman–Crippen LogP) is 5.16. The third-order valence-corrected chi connectivity index (χ3v) is 11.5.